The SMILES string of the molecule is CCCC(C)(CNC(C)C)CN(CC)CC1CCCO1. The topological polar surface area (TPSA) is 24.5 Å². The van der Waals surface area contributed by atoms with Crippen LogP contribution < -0.4 is 5.32 Å². The van der Waals surface area contributed by atoms with Crippen molar-refractivity contribution in [2.45, 2.75) is 72.4 Å². The summed E-state index contributed by atoms with van der Waals surface area (Å²) in [6.45, 7) is 17.0. The summed E-state index contributed by atoms with van der Waals surface area (Å²) < 4.78 is 5.80. The van der Waals surface area contributed by atoms with Gasteiger partial charge in [0.25, 0.3) is 0 Å². The van der Waals surface area contributed by atoms with Gasteiger partial charge in [-0.1, -0.05) is 41.0 Å². The number of hydrogen-bond donors (Lipinski definition) is 1. The molecule has 2 unspecified atom stereocenters. The molecule has 1 heterocycles. The van der Waals surface area contributed by atoms with Gasteiger partial charge in [0, 0.05) is 32.3 Å². The zero-order valence-electron chi connectivity index (χ0n) is 14.4. The summed E-state index contributed by atoms with van der Waals surface area (Å²) >= 11 is 0. The summed E-state index contributed by atoms with van der Waals surface area (Å²) in [7, 11) is 0. The van der Waals surface area contributed by atoms with E-state index in [1.54, 1.807) is 0 Å². The lowest BCUT2D eigenvalue weighted by molar-refractivity contribution is 0.0562. The summed E-state index contributed by atoms with van der Waals surface area (Å²) in [5.41, 5.74) is 0.369. The fourth-order valence-corrected chi connectivity index (χ4v) is 3.20. The van der Waals surface area contributed by atoms with E-state index < -0.39 is 0 Å². The highest BCUT2D eigenvalue weighted by molar-refractivity contribution is 4.82. The monoisotopic (exact) mass is 284 g/mol. The molecular formula is C17H36N2O. The van der Waals surface area contributed by atoms with E-state index in [1.165, 1.54) is 32.2 Å². The van der Waals surface area contributed by atoms with Gasteiger partial charge in [0.2, 0.25) is 0 Å². The minimum Gasteiger partial charge on any atom is -0.377 e. The molecule has 0 radical (unpaired) electrons. The Kier molecular flexibility index (Phi) is 8.08. The Morgan fingerprint density at radius 1 is 1.35 bits per heavy atom. The molecular weight excluding hydrogens is 248 g/mol. The smallest absolute Gasteiger partial charge is 0.0702 e. The van der Waals surface area contributed by atoms with Crippen LogP contribution in [0.5, 0.6) is 0 Å². The molecule has 2 atom stereocenters. The molecule has 0 spiro atoms. The maximum atomic E-state index is 5.80. The Bertz CT molecular complexity index is 251. The van der Waals surface area contributed by atoms with Gasteiger partial charge < -0.3 is 15.0 Å². The molecule has 3 nitrogen and oxygen atoms in total. The summed E-state index contributed by atoms with van der Waals surface area (Å²) in [6.07, 6.45) is 5.50. The van der Waals surface area contributed by atoms with E-state index in [1.807, 2.05) is 0 Å². The number of hydrogen-bond acceptors (Lipinski definition) is 3. The summed E-state index contributed by atoms with van der Waals surface area (Å²) in [5, 5.41) is 3.64. The van der Waals surface area contributed by atoms with Crippen LogP contribution >= 0.6 is 0 Å². The molecule has 1 N–H and O–H groups in total. The second-order valence-electron chi connectivity index (χ2n) is 7.06. The van der Waals surface area contributed by atoms with Gasteiger partial charge in [0.15, 0.2) is 0 Å². The van der Waals surface area contributed by atoms with Crippen LogP contribution in [0.25, 0.3) is 0 Å². The second-order valence-corrected chi connectivity index (χ2v) is 7.06. The highest BCUT2D eigenvalue weighted by Gasteiger charge is 2.28. The number of ether oxygens (including phenoxy) is 1. The van der Waals surface area contributed by atoms with E-state index in [2.05, 4.69) is 44.8 Å². The average molecular weight is 284 g/mol. The third kappa shape index (κ3) is 6.55. The molecule has 0 aromatic heterocycles. The lowest BCUT2D eigenvalue weighted by Crippen LogP contribution is -2.45. The van der Waals surface area contributed by atoms with Crippen molar-refractivity contribution in [3.8, 4) is 0 Å². The van der Waals surface area contributed by atoms with Crippen molar-refractivity contribution < 1.29 is 4.74 Å². The number of nitrogens with zero attached hydrogens (tertiary/aromatic N) is 1. The predicted molar refractivity (Wildman–Crippen MR) is 87.2 cm³/mol. The molecule has 1 saturated heterocycles. The Labute approximate surface area is 126 Å². The van der Waals surface area contributed by atoms with Crippen LogP contribution in [0.2, 0.25) is 0 Å². The zero-order chi connectivity index (χ0) is 15.0. The molecule has 3 heteroatoms. The molecule has 1 rings (SSSR count). The van der Waals surface area contributed by atoms with Crippen LogP contribution in [-0.2, 0) is 4.74 Å². The Balaban J connectivity index is 2.50. The quantitative estimate of drug-likeness (QED) is 0.666. The first-order valence-electron chi connectivity index (χ1n) is 8.56. The van der Waals surface area contributed by atoms with E-state index in [0.29, 0.717) is 17.6 Å². The molecule has 0 amide bonds. The third-order valence-electron chi connectivity index (χ3n) is 4.33. The molecule has 0 saturated carbocycles. The fourth-order valence-electron chi connectivity index (χ4n) is 3.20. The van der Waals surface area contributed by atoms with Gasteiger partial charge in [-0.05, 0) is 31.2 Å². The van der Waals surface area contributed by atoms with Crippen molar-refractivity contribution in [3.63, 3.8) is 0 Å². The average Bonchev–Trinajstić information content (AvgIpc) is 2.89. The first-order valence-corrected chi connectivity index (χ1v) is 8.56. The molecule has 0 aromatic carbocycles. The van der Waals surface area contributed by atoms with Gasteiger partial charge in [-0.25, -0.2) is 0 Å². The summed E-state index contributed by atoms with van der Waals surface area (Å²) in [5.74, 6) is 0. The summed E-state index contributed by atoms with van der Waals surface area (Å²) in [4.78, 5) is 2.59. The predicted octanol–water partition coefficient (Wildman–Crippen LogP) is 3.29. The fraction of sp³-hybridized carbons (Fsp3) is 1.00. The first-order chi connectivity index (χ1) is 9.49. The van der Waals surface area contributed by atoms with Crippen LogP contribution in [-0.4, -0.2) is 49.8 Å². The Morgan fingerprint density at radius 3 is 2.60 bits per heavy atom. The lowest BCUT2D eigenvalue weighted by Gasteiger charge is -2.37. The van der Waals surface area contributed by atoms with Gasteiger partial charge in [0.1, 0.15) is 0 Å². The maximum absolute atomic E-state index is 5.80. The minimum atomic E-state index is 0.369. The van der Waals surface area contributed by atoms with Crippen LogP contribution in [0.15, 0.2) is 0 Å². The van der Waals surface area contributed by atoms with Crippen LogP contribution in [0, 0.1) is 5.41 Å². The molecule has 0 bridgehead atoms. The van der Waals surface area contributed by atoms with Crippen molar-refractivity contribution in [3.05, 3.63) is 0 Å². The third-order valence-corrected chi connectivity index (χ3v) is 4.33. The Morgan fingerprint density at radius 2 is 2.10 bits per heavy atom. The van der Waals surface area contributed by atoms with Crippen molar-refractivity contribution in [1.29, 1.82) is 0 Å². The van der Waals surface area contributed by atoms with E-state index in [9.17, 15) is 0 Å². The molecule has 0 aromatic rings. The van der Waals surface area contributed by atoms with Gasteiger partial charge in [-0.2, -0.15) is 0 Å². The van der Waals surface area contributed by atoms with Gasteiger partial charge >= 0.3 is 0 Å². The zero-order valence-corrected chi connectivity index (χ0v) is 14.4. The van der Waals surface area contributed by atoms with E-state index in [-0.39, 0.29) is 0 Å². The van der Waals surface area contributed by atoms with Gasteiger partial charge in [-0.15, -0.1) is 0 Å². The molecule has 1 fully saturated rings. The highest BCUT2D eigenvalue weighted by atomic mass is 16.5. The summed E-state index contributed by atoms with van der Waals surface area (Å²) in [6, 6.07) is 0.569. The van der Waals surface area contributed by atoms with Crippen LogP contribution in [0.3, 0.4) is 0 Å². The largest absolute Gasteiger partial charge is 0.377 e. The standard InChI is InChI=1S/C17H36N2O/c1-6-10-17(5,13-18-15(3)4)14-19(7-2)12-16-9-8-11-20-16/h15-16,18H,6-14H2,1-5H3. The molecule has 1 aliphatic rings. The maximum Gasteiger partial charge on any atom is 0.0702 e. The lowest BCUT2D eigenvalue weighted by atomic mass is 9.84. The van der Waals surface area contributed by atoms with Crippen molar-refractivity contribution in [2.75, 3.05) is 32.8 Å². The molecule has 1 aliphatic heterocycles. The highest BCUT2D eigenvalue weighted by Crippen LogP contribution is 2.25. The van der Waals surface area contributed by atoms with E-state index >= 15 is 0 Å². The number of likely N-dealkylation sites (N-methyl/N-ethyl adjacent to an activating group) is 1. The second kappa shape index (κ2) is 9.01. The molecule has 0 aliphatic carbocycles. The Hall–Kier alpha value is -0.120. The van der Waals surface area contributed by atoms with Crippen LogP contribution in [0.1, 0.15) is 60.3 Å². The molecule has 20 heavy (non-hydrogen) atoms. The normalized spacial score (nSPS) is 22.6. The first kappa shape index (κ1) is 17.9. The van der Waals surface area contributed by atoms with Crippen LogP contribution in [0.4, 0.5) is 0 Å². The van der Waals surface area contributed by atoms with Gasteiger partial charge in [-0.3, -0.25) is 0 Å². The minimum absolute atomic E-state index is 0.369. The van der Waals surface area contributed by atoms with Crippen molar-refractivity contribution >= 4 is 0 Å². The van der Waals surface area contributed by atoms with E-state index in [4.69, 9.17) is 4.74 Å². The van der Waals surface area contributed by atoms with Crippen molar-refractivity contribution in [2.24, 2.45) is 5.41 Å². The number of rotatable bonds is 10. The number of nitrogens with one attached hydrogen (secondary N) is 1. The molecule has 120 valence electrons. The van der Waals surface area contributed by atoms with E-state index in [0.717, 1.165) is 26.2 Å². The van der Waals surface area contributed by atoms with Gasteiger partial charge in [0.05, 0.1) is 6.10 Å². The van der Waals surface area contributed by atoms with Crippen molar-refractivity contribution in [1.82, 2.24) is 10.2 Å².